The van der Waals surface area contributed by atoms with E-state index in [-0.39, 0.29) is 36.5 Å². The second-order valence-corrected chi connectivity index (χ2v) is 8.26. The zero-order valence-corrected chi connectivity index (χ0v) is 13.2. The highest BCUT2D eigenvalue weighted by molar-refractivity contribution is 7.91. The number of rotatable bonds is 4. The summed E-state index contributed by atoms with van der Waals surface area (Å²) >= 11 is 0. The second kappa shape index (κ2) is 5.82. The summed E-state index contributed by atoms with van der Waals surface area (Å²) in [5.41, 5.74) is 0. The predicted octanol–water partition coefficient (Wildman–Crippen LogP) is 0.410. The van der Waals surface area contributed by atoms with E-state index in [1.807, 2.05) is 6.92 Å². The Morgan fingerprint density at radius 3 is 2.52 bits per heavy atom. The fourth-order valence-electron chi connectivity index (χ4n) is 2.78. The number of carboxylic acid groups (broad SMARTS) is 1. The van der Waals surface area contributed by atoms with Crippen LogP contribution >= 0.6 is 0 Å². The fourth-order valence-corrected chi connectivity index (χ4v) is 4.31. The lowest BCUT2D eigenvalue weighted by Crippen LogP contribution is -2.56. The highest BCUT2D eigenvalue weighted by Crippen LogP contribution is 2.35. The van der Waals surface area contributed by atoms with Crippen molar-refractivity contribution in [1.82, 2.24) is 9.80 Å². The summed E-state index contributed by atoms with van der Waals surface area (Å²) in [6, 6.07) is -0.945. The molecule has 2 amide bonds. The SMILES string of the molecule is CC(C1CC1)N(C)C(=O)N1CCS(=O)(=O)CC1CC(=O)O. The minimum absolute atomic E-state index is 0.0703. The molecular formula is C13H22N2O5S. The Morgan fingerprint density at radius 1 is 1.38 bits per heavy atom. The Kier molecular flexibility index (Phi) is 4.46. The molecule has 0 aromatic rings. The summed E-state index contributed by atoms with van der Waals surface area (Å²) in [7, 11) is -1.57. The highest BCUT2D eigenvalue weighted by Gasteiger charge is 2.39. The predicted molar refractivity (Wildman–Crippen MR) is 76.7 cm³/mol. The van der Waals surface area contributed by atoms with Crippen molar-refractivity contribution in [3.05, 3.63) is 0 Å². The van der Waals surface area contributed by atoms with E-state index < -0.39 is 21.8 Å². The molecule has 2 atom stereocenters. The van der Waals surface area contributed by atoms with Gasteiger partial charge in [-0.1, -0.05) is 0 Å². The minimum atomic E-state index is -3.27. The van der Waals surface area contributed by atoms with E-state index in [2.05, 4.69) is 0 Å². The van der Waals surface area contributed by atoms with Gasteiger partial charge in [0.15, 0.2) is 9.84 Å². The van der Waals surface area contributed by atoms with Crippen LogP contribution in [0.1, 0.15) is 26.2 Å². The van der Waals surface area contributed by atoms with Crippen molar-refractivity contribution in [2.75, 3.05) is 25.1 Å². The summed E-state index contributed by atoms with van der Waals surface area (Å²) in [5, 5.41) is 8.94. The lowest BCUT2D eigenvalue weighted by atomic mass is 10.1. The molecule has 2 fully saturated rings. The molecule has 1 aliphatic carbocycles. The summed E-state index contributed by atoms with van der Waals surface area (Å²) in [5.74, 6) is -0.949. The number of aliphatic carboxylic acids is 1. The Balaban J connectivity index is 2.10. The maximum Gasteiger partial charge on any atom is 0.320 e. The molecular weight excluding hydrogens is 296 g/mol. The quantitative estimate of drug-likeness (QED) is 0.810. The molecule has 1 aliphatic heterocycles. The van der Waals surface area contributed by atoms with Gasteiger partial charge in [0.25, 0.3) is 0 Å². The van der Waals surface area contributed by atoms with E-state index in [4.69, 9.17) is 5.11 Å². The van der Waals surface area contributed by atoms with Crippen molar-refractivity contribution in [3.8, 4) is 0 Å². The van der Waals surface area contributed by atoms with Crippen LogP contribution in [0.3, 0.4) is 0 Å². The van der Waals surface area contributed by atoms with Crippen LogP contribution in [0.15, 0.2) is 0 Å². The van der Waals surface area contributed by atoms with Crippen molar-refractivity contribution < 1.29 is 23.1 Å². The third kappa shape index (κ3) is 3.87. The molecule has 2 rings (SSSR count). The maximum atomic E-state index is 12.5. The number of hydrogen-bond donors (Lipinski definition) is 1. The first-order valence-electron chi connectivity index (χ1n) is 7.17. The molecule has 2 unspecified atom stereocenters. The van der Waals surface area contributed by atoms with Crippen LogP contribution in [0.5, 0.6) is 0 Å². The van der Waals surface area contributed by atoms with Crippen LogP contribution < -0.4 is 0 Å². The van der Waals surface area contributed by atoms with Gasteiger partial charge < -0.3 is 14.9 Å². The van der Waals surface area contributed by atoms with Crippen LogP contribution in [0, 0.1) is 5.92 Å². The lowest BCUT2D eigenvalue weighted by Gasteiger charge is -2.39. The van der Waals surface area contributed by atoms with Crippen LogP contribution in [-0.2, 0) is 14.6 Å². The molecule has 0 bridgehead atoms. The summed E-state index contributed by atoms with van der Waals surface area (Å²) < 4.78 is 23.4. The van der Waals surface area contributed by atoms with Crippen molar-refractivity contribution in [3.63, 3.8) is 0 Å². The smallest absolute Gasteiger partial charge is 0.320 e. The second-order valence-electron chi connectivity index (χ2n) is 6.03. The minimum Gasteiger partial charge on any atom is -0.481 e. The first kappa shape index (κ1) is 16.1. The topological polar surface area (TPSA) is 95.0 Å². The molecule has 1 N–H and O–H groups in total. The Hall–Kier alpha value is -1.31. The molecule has 1 saturated carbocycles. The average molecular weight is 318 g/mol. The number of carbonyl (C=O) groups is 2. The number of sulfone groups is 1. The monoisotopic (exact) mass is 318 g/mol. The van der Waals surface area contributed by atoms with Gasteiger partial charge in [-0.15, -0.1) is 0 Å². The molecule has 21 heavy (non-hydrogen) atoms. The van der Waals surface area contributed by atoms with Crippen LogP contribution in [0.2, 0.25) is 0 Å². The molecule has 1 heterocycles. The fraction of sp³-hybridized carbons (Fsp3) is 0.846. The molecule has 0 aromatic heterocycles. The largest absolute Gasteiger partial charge is 0.481 e. The van der Waals surface area contributed by atoms with Crippen molar-refractivity contribution in [1.29, 1.82) is 0 Å². The zero-order valence-electron chi connectivity index (χ0n) is 12.4. The van der Waals surface area contributed by atoms with E-state index >= 15 is 0 Å². The first-order valence-corrected chi connectivity index (χ1v) is 8.99. The van der Waals surface area contributed by atoms with Crippen molar-refractivity contribution in [2.24, 2.45) is 5.92 Å². The van der Waals surface area contributed by atoms with E-state index in [1.54, 1.807) is 11.9 Å². The number of urea groups is 1. The van der Waals surface area contributed by atoms with Crippen LogP contribution in [-0.4, -0.2) is 72.5 Å². The molecule has 120 valence electrons. The number of hydrogen-bond acceptors (Lipinski definition) is 4. The summed E-state index contributed by atoms with van der Waals surface area (Å²) in [4.78, 5) is 26.5. The number of carboxylic acids is 1. The van der Waals surface area contributed by atoms with Crippen LogP contribution in [0.25, 0.3) is 0 Å². The van der Waals surface area contributed by atoms with E-state index in [1.165, 1.54) is 4.90 Å². The average Bonchev–Trinajstić information content (AvgIpc) is 3.19. The van der Waals surface area contributed by atoms with Gasteiger partial charge in [-0.2, -0.15) is 0 Å². The molecule has 7 nitrogen and oxygen atoms in total. The van der Waals surface area contributed by atoms with Gasteiger partial charge in [-0.05, 0) is 25.7 Å². The first-order chi connectivity index (χ1) is 9.71. The van der Waals surface area contributed by atoms with Gasteiger partial charge in [-0.3, -0.25) is 4.79 Å². The summed E-state index contributed by atoms with van der Waals surface area (Å²) in [6.07, 6.45) is 1.87. The van der Waals surface area contributed by atoms with Gasteiger partial charge in [-0.25, -0.2) is 13.2 Å². The molecule has 0 aromatic carbocycles. The van der Waals surface area contributed by atoms with Crippen molar-refractivity contribution >= 4 is 21.8 Å². The number of carbonyl (C=O) groups excluding carboxylic acids is 1. The zero-order chi connectivity index (χ0) is 15.8. The molecule has 8 heteroatoms. The molecule has 0 radical (unpaired) electrons. The van der Waals surface area contributed by atoms with E-state index in [9.17, 15) is 18.0 Å². The summed E-state index contributed by atoms with van der Waals surface area (Å²) in [6.45, 7) is 2.04. The Bertz CT molecular complexity index is 529. The van der Waals surface area contributed by atoms with Gasteiger partial charge in [0.05, 0.1) is 24.0 Å². The standard InChI is InChI=1S/C13H22N2O5S/c1-9(10-3-4-10)14(2)13(18)15-5-6-21(19,20)8-11(15)7-12(16)17/h9-11H,3-8H2,1-2H3,(H,16,17). The Labute approximate surface area is 124 Å². The molecule has 0 spiro atoms. The number of amides is 2. The Morgan fingerprint density at radius 2 is 2.00 bits per heavy atom. The van der Waals surface area contributed by atoms with Gasteiger partial charge in [0, 0.05) is 19.6 Å². The third-order valence-electron chi connectivity index (χ3n) is 4.40. The lowest BCUT2D eigenvalue weighted by molar-refractivity contribution is -0.138. The third-order valence-corrected chi connectivity index (χ3v) is 6.10. The van der Waals surface area contributed by atoms with Gasteiger partial charge in [0.2, 0.25) is 0 Å². The molecule has 1 saturated heterocycles. The van der Waals surface area contributed by atoms with Crippen molar-refractivity contribution in [2.45, 2.75) is 38.3 Å². The van der Waals surface area contributed by atoms with E-state index in [0.29, 0.717) is 5.92 Å². The maximum absolute atomic E-state index is 12.5. The highest BCUT2D eigenvalue weighted by atomic mass is 32.2. The number of nitrogens with zero attached hydrogens (tertiary/aromatic N) is 2. The normalized spacial score (nSPS) is 26.2. The van der Waals surface area contributed by atoms with E-state index in [0.717, 1.165) is 12.8 Å². The van der Waals surface area contributed by atoms with Gasteiger partial charge >= 0.3 is 12.0 Å². The van der Waals surface area contributed by atoms with Crippen LogP contribution in [0.4, 0.5) is 4.79 Å². The molecule has 2 aliphatic rings. The van der Waals surface area contributed by atoms with Gasteiger partial charge in [0.1, 0.15) is 0 Å².